The quantitative estimate of drug-likeness (QED) is 0.560. The lowest BCUT2D eigenvalue weighted by Crippen LogP contribution is -2.38. The highest BCUT2D eigenvalue weighted by Crippen LogP contribution is 2.38. The lowest BCUT2D eigenvalue weighted by atomic mass is 9.94. The van der Waals surface area contributed by atoms with Crippen LogP contribution in [0.25, 0.3) is 16.9 Å². The number of carbonyl (C=O) groups is 1. The summed E-state index contributed by atoms with van der Waals surface area (Å²) in [5.41, 5.74) is 1.22. The number of aryl methyl sites for hydroxylation is 2. The van der Waals surface area contributed by atoms with E-state index in [0.29, 0.717) is 23.2 Å². The van der Waals surface area contributed by atoms with Crippen molar-refractivity contribution in [3.8, 4) is 16.9 Å². The predicted octanol–water partition coefficient (Wildman–Crippen LogP) is 3.63. The topological polar surface area (TPSA) is 55.2 Å². The molecule has 1 aromatic heterocycles. The number of rotatable bonds is 2. The SMILES string of the molecule is [B]c1ccc(C(F)(F)F)c(-n2nc(-c3cc(C)cc(C)c3)c3c(c2=O)N(C(C)=O)C(C)C3)c1. The summed E-state index contributed by atoms with van der Waals surface area (Å²) in [5.74, 6) is -0.369. The van der Waals surface area contributed by atoms with Gasteiger partial charge >= 0.3 is 6.18 Å². The number of aromatic nitrogens is 2. The van der Waals surface area contributed by atoms with Gasteiger partial charge in [0.25, 0.3) is 5.56 Å². The van der Waals surface area contributed by atoms with Crippen molar-refractivity contribution in [2.45, 2.75) is 46.3 Å². The molecule has 2 radical (unpaired) electrons. The standard InChI is InChI=1S/C24H21BF3N3O2/c1-12-7-13(2)9-16(8-12)21-18-10-14(3)30(15(4)32)22(18)23(33)31(29-21)20-11-17(25)5-6-19(20)24(26,27)28/h5-9,11,14H,10H2,1-4H3. The molecule has 0 fully saturated rings. The van der Waals surface area contributed by atoms with Crippen LogP contribution in [-0.2, 0) is 17.4 Å². The highest BCUT2D eigenvalue weighted by molar-refractivity contribution is 6.32. The van der Waals surface area contributed by atoms with Gasteiger partial charge in [-0.05, 0) is 51.5 Å². The van der Waals surface area contributed by atoms with Crippen LogP contribution in [0.5, 0.6) is 0 Å². The van der Waals surface area contributed by atoms with Gasteiger partial charge in [0.15, 0.2) is 0 Å². The second kappa shape index (κ2) is 7.90. The summed E-state index contributed by atoms with van der Waals surface area (Å²) in [6, 6.07) is 8.36. The minimum Gasteiger partial charge on any atom is -0.304 e. The number of halogens is 3. The van der Waals surface area contributed by atoms with Gasteiger partial charge < -0.3 is 4.90 Å². The molecule has 2 heterocycles. The van der Waals surface area contributed by atoms with E-state index in [0.717, 1.165) is 34.0 Å². The van der Waals surface area contributed by atoms with Gasteiger partial charge in [-0.3, -0.25) is 9.59 Å². The van der Waals surface area contributed by atoms with Crippen molar-refractivity contribution in [3.63, 3.8) is 0 Å². The van der Waals surface area contributed by atoms with Crippen LogP contribution in [0, 0.1) is 13.8 Å². The Bertz CT molecular complexity index is 1330. The van der Waals surface area contributed by atoms with Crippen LogP contribution in [0.3, 0.4) is 0 Å². The maximum atomic E-state index is 13.8. The number of fused-ring (bicyclic) bond motifs is 1. The third-order valence-corrected chi connectivity index (χ3v) is 5.74. The maximum absolute atomic E-state index is 13.8. The second-order valence-electron chi connectivity index (χ2n) is 8.49. The zero-order valence-corrected chi connectivity index (χ0v) is 18.6. The Balaban J connectivity index is 2.13. The fraction of sp³-hybridized carbons (Fsp3) is 0.292. The van der Waals surface area contributed by atoms with E-state index in [-0.39, 0.29) is 23.1 Å². The highest BCUT2D eigenvalue weighted by atomic mass is 19.4. The Morgan fingerprint density at radius 2 is 1.76 bits per heavy atom. The number of nitrogens with zero attached hydrogens (tertiary/aromatic N) is 3. The van der Waals surface area contributed by atoms with E-state index >= 15 is 0 Å². The molecular weight excluding hydrogens is 430 g/mol. The molecule has 0 aliphatic carbocycles. The smallest absolute Gasteiger partial charge is 0.304 e. The number of carbonyl (C=O) groups excluding carboxylic acids is 1. The zero-order valence-electron chi connectivity index (χ0n) is 18.6. The lowest BCUT2D eigenvalue weighted by molar-refractivity contribution is -0.137. The van der Waals surface area contributed by atoms with Crippen molar-refractivity contribution in [2.75, 3.05) is 4.90 Å². The average Bonchev–Trinajstić information content (AvgIpc) is 3.04. The van der Waals surface area contributed by atoms with E-state index in [1.807, 2.05) is 32.0 Å². The molecule has 4 rings (SSSR count). The third kappa shape index (κ3) is 3.96. The molecule has 5 nitrogen and oxygen atoms in total. The van der Waals surface area contributed by atoms with Crippen molar-refractivity contribution < 1.29 is 18.0 Å². The van der Waals surface area contributed by atoms with E-state index in [1.54, 1.807) is 6.92 Å². The first kappa shape index (κ1) is 22.8. The summed E-state index contributed by atoms with van der Waals surface area (Å²) in [5, 5.41) is 4.42. The van der Waals surface area contributed by atoms with Crippen LogP contribution in [0.4, 0.5) is 18.9 Å². The molecule has 33 heavy (non-hydrogen) atoms. The summed E-state index contributed by atoms with van der Waals surface area (Å²) in [7, 11) is 5.78. The number of benzene rings is 2. The molecule has 3 aromatic rings. The highest BCUT2D eigenvalue weighted by Gasteiger charge is 2.38. The number of amides is 1. The van der Waals surface area contributed by atoms with Crippen molar-refractivity contribution in [1.29, 1.82) is 0 Å². The molecule has 1 aliphatic rings. The lowest BCUT2D eigenvalue weighted by Gasteiger charge is -2.22. The Kier molecular flexibility index (Phi) is 5.46. The summed E-state index contributed by atoms with van der Waals surface area (Å²) >= 11 is 0. The van der Waals surface area contributed by atoms with E-state index < -0.39 is 23.0 Å². The van der Waals surface area contributed by atoms with Crippen LogP contribution in [-0.4, -0.2) is 29.6 Å². The van der Waals surface area contributed by atoms with Gasteiger partial charge in [-0.15, -0.1) is 0 Å². The third-order valence-electron chi connectivity index (χ3n) is 5.74. The van der Waals surface area contributed by atoms with E-state index in [9.17, 15) is 22.8 Å². The Morgan fingerprint density at radius 3 is 2.33 bits per heavy atom. The fourth-order valence-electron chi connectivity index (χ4n) is 4.53. The molecule has 0 saturated heterocycles. The minimum absolute atomic E-state index is 0.0507. The summed E-state index contributed by atoms with van der Waals surface area (Å²) in [6.45, 7) is 6.92. The van der Waals surface area contributed by atoms with Crippen LogP contribution in [0.2, 0.25) is 0 Å². The zero-order chi connectivity index (χ0) is 24.2. The first-order valence-electron chi connectivity index (χ1n) is 10.4. The van der Waals surface area contributed by atoms with Crippen molar-refractivity contribution >= 4 is 24.9 Å². The molecule has 0 saturated carbocycles. The van der Waals surface area contributed by atoms with Gasteiger partial charge in [0.2, 0.25) is 5.91 Å². The molecule has 2 aromatic carbocycles. The number of hydrogen-bond acceptors (Lipinski definition) is 3. The van der Waals surface area contributed by atoms with Crippen molar-refractivity contribution in [3.05, 3.63) is 69.0 Å². The largest absolute Gasteiger partial charge is 0.418 e. The average molecular weight is 451 g/mol. The van der Waals surface area contributed by atoms with Gasteiger partial charge in [0, 0.05) is 24.1 Å². The maximum Gasteiger partial charge on any atom is 0.418 e. The van der Waals surface area contributed by atoms with Crippen LogP contribution in [0.15, 0.2) is 41.2 Å². The van der Waals surface area contributed by atoms with Gasteiger partial charge in [-0.2, -0.15) is 23.0 Å². The molecule has 0 spiro atoms. The first-order chi connectivity index (χ1) is 15.4. The van der Waals surface area contributed by atoms with Crippen molar-refractivity contribution in [2.24, 2.45) is 0 Å². The molecule has 9 heteroatoms. The van der Waals surface area contributed by atoms with E-state index in [2.05, 4.69) is 5.10 Å². The Hall–Kier alpha value is -3.36. The van der Waals surface area contributed by atoms with Crippen LogP contribution in [0.1, 0.15) is 36.1 Å². The molecule has 1 unspecified atom stereocenters. The molecule has 1 atom stereocenters. The molecule has 168 valence electrons. The van der Waals surface area contributed by atoms with Gasteiger partial charge in [0.05, 0.1) is 16.9 Å². The molecule has 0 bridgehead atoms. The molecule has 1 amide bonds. The van der Waals surface area contributed by atoms with Gasteiger partial charge in [-0.1, -0.05) is 28.7 Å². The minimum atomic E-state index is -4.74. The Labute approximate surface area is 190 Å². The van der Waals surface area contributed by atoms with Crippen molar-refractivity contribution in [1.82, 2.24) is 9.78 Å². The number of hydrogen-bond donors (Lipinski definition) is 0. The van der Waals surface area contributed by atoms with Gasteiger partial charge in [-0.25, -0.2) is 0 Å². The normalized spacial score (nSPS) is 15.6. The molecular formula is C24H21BF3N3O2. The fourth-order valence-corrected chi connectivity index (χ4v) is 4.53. The van der Waals surface area contributed by atoms with E-state index in [1.165, 1.54) is 11.8 Å². The predicted molar refractivity (Wildman–Crippen MR) is 121 cm³/mol. The summed E-state index contributed by atoms with van der Waals surface area (Å²) in [6.07, 6.45) is -4.37. The summed E-state index contributed by atoms with van der Waals surface area (Å²) < 4.78 is 42.2. The van der Waals surface area contributed by atoms with Crippen LogP contribution < -0.4 is 15.9 Å². The van der Waals surface area contributed by atoms with Crippen LogP contribution >= 0.6 is 0 Å². The second-order valence-corrected chi connectivity index (χ2v) is 8.49. The van der Waals surface area contributed by atoms with E-state index in [4.69, 9.17) is 7.85 Å². The number of anilines is 1. The molecule has 0 N–H and O–H groups in total. The summed E-state index contributed by atoms with van der Waals surface area (Å²) in [4.78, 5) is 27.3. The Morgan fingerprint density at radius 1 is 1.12 bits per heavy atom. The monoisotopic (exact) mass is 451 g/mol. The number of alkyl halides is 3. The molecule has 1 aliphatic heterocycles. The first-order valence-corrected chi connectivity index (χ1v) is 10.4. The van der Waals surface area contributed by atoms with Gasteiger partial charge in [0.1, 0.15) is 13.5 Å².